The molecule has 0 spiro atoms. The first kappa shape index (κ1) is 3.14. The van der Waals surface area contributed by atoms with E-state index in [1.54, 1.807) is 0 Å². The van der Waals surface area contributed by atoms with Gasteiger partial charge in [0, 0.05) is 0 Å². The molecule has 1 aliphatic rings. The molecule has 0 fully saturated rings. The molecular formula is C2HN2O2. The van der Waals surface area contributed by atoms with E-state index >= 15 is 0 Å². The SMILES string of the molecule is O=C1[N]C=NO1. The highest BCUT2D eigenvalue weighted by Crippen LogP contribution is 1.82. The summed E-state index contributed by atoms with van der Waals surface area (Å²) in [7, 11) is 0. The smallest absolute Gasteiger partial charge is 0.295 e. The molecule has 31 valence electrons. The van der Waals surface area contributed by atoms with E-state index in [-0.39, 0.29) is 0 Å². The van der Waals surface area contributed by atoms with E-state index < -0.39 is 6.09 Å². The highest BCUT2D eigenvalue weighted by atomic mass is 16.7. The van der Waals surface area contributed by atoms with E-state index in [0.717, 1.165) is 6.34 Å². The van der Waals surface area contributed by atoms with Gasteiger partial charge in [-0.1, -0.05) is 5.16 Å². The quantitative estimate of drug-likeness (QED) is 0.378. The van der Waals surface area contributed by atoms with Crippen molar-refractivity contribution < 1.29 is 9.63 Å². The Hall–Kier alpha value is -1.06. The molecular weight excluding hydrogens is 84.0 g/mol. The van der Waals surface area contributed by atoms with Crippen LogP contribution in [0.5, 0.6) is 0 Å². The number of carbonyl (C=O) groups is 1. The molecule has 1 radical (unpaired) electrons. The number of oxime groups is 1. The molecule has 0 unspecified atom stereocenters. The van der Waals surface area contributed by atoms with E-state index in [0.29, 0.717) is 0 Å². The summed E-state index contributed by atoms with van der Waals surface area (Å²) in [5.74, 6) is 0. The molecule has 0 saturated carbocycles. The van der Waals surface area contributed by atoms with Crippen LogP contribution in [0.15, 0.2) is 5.16 Å². The van der Waals surface area contributed by atoms with E-state index in [1.807, 2.05) is 0 Å². The maximum Gasteiger partial charge on any atom is 0.461 e. The van der Waals surface area contributed by atoms with Crippen molar-refractivity contribution in [1.82, 2.24) is 5.32 Å². The van der Waals surface area contributed by atoms with Gasteiger partial charge in [-0.05, 0) is 0 Å². The van der Waals surface area contributed by atoms with E-state index in [9.17, 15) is 4.79 Å². The standard InChI is InChI=1S/C2HN2O2/c5-2-3-1-4-6-2/h1H. The van der Waals surface area contributed by atoms with Crippen LogP contribution in [0.1, 0.15) is 0 Å². The average Bonchev–Trinajstić information content (AvgIpc) is 1.86. The lowest BCUT2D eigenvalue weighted by atomic mass is 11.1. The molecule has 0 aromatic heterocycles. The Balaban J connectivity index is 2.52. The predicted octanol–water partition coefficient (Wildman–Crippen LogP) is -0.316. The molecule has 0 aromatic rings. The molecule has 1 heterocycles. The van der Waals surface area contributed by atoms with Gasteiger partial charge in [0.2, 0.25) is 0 Å². The molecule has 1 amide bonds. The Morgan fingerprint density at radius 1 is 1.83 bits per heavy atom. The second-order valence-corrected chi connectivity index (χ2v) is 0.707. The minimum atomic E-state index is -0.644. The van der Waals surface area contributed by atoms with Crippen molar-refractivity contribution in [3.05, 3.63) is 0 Å². The summed E-state index contributed by atoms with van der Waals surface area (Å²) in [6.45, 7) is 0. The zero-order valence-electron chi connectivity index (χ0n) is 2.79. The summed E-state index contributed by atoms with van der Waals surface area (Å²) >= 11 is 0. The lowest BCUT2D eigenvalue weighted by molar-refractivity contribution is 0.166. The molecule has 4 nitrogen and oxygen atoms in total. The highest BCUT2D eigenvalue weighted by molar-refractivity contribution is 5.84. The molecule has 0 aromatic carbocycles. The van der Waals surface area contributed by atoms with E-state index in [4.69, 9.17) is 0 Å². The lowest BCUT2D eigenvalue weighted by Gasteiger charge is -1.73. The topological polar surface area (TPSA) is 52.8 Å². The first-order valence-corrected chi connectivity index (χ1v) is 1.33. The largest absolute Gasteiger partial charge is 0.461 e. The monoisotopic (exact) mass is 85.0 g/mol. The average molecular weight is 85.0 g/mol. The highest BCUT2D eigenvalue weighted by Gasteiger charge is 2.04. The predicted molar refractivity (Wildman–Crippen MR) is 17.1 cm³/mol. The maximum atomic E-state index is 9.73. The number of amides is 1. The van der Waals surface area contributed by atoms with Crippen molar-refractivity contribution in [1.29, 1.82) is 0 Å². The number of hydrogen-bond acceptors (Lipinski definition) is 3. The van der Waals surface area contributed by atoms with E-state index in [2.05, 4.69) is 15.3 Å². The van der Waals surface area contributed by atoms with Crippen LogP contribution in [0.2, 0.25) is 0 Å². The van der Waals surface area contributed by atoms with Gasteiger partial charge in [0.1, 0.15) is 0 Å². The summed E-state index contributed by atoms with van der Waals surface area (Å²) in [5, 5.41) is 6.11. The molecule has 0 N–H and O–H groups in total. The molecule has 1 rings (SSSR count). The molecule has 0 aliphatic carbocycles. The van der Waals surface area contributed by atoms with Crippen LogP contribution >= 0.6 is 0 Å². The number of hydrogen-bond donors (Lipinski definition) is 0. The van der Waals surface area contributed by atoms with Gasteiger partial charge < -0.3 is 0 Å². The first-order chi connectivity index (χ1) is 2.89. The Kier molecular flexibility index (Phi) is 0.506. The summed E-state index contributed by atoms with van der Waals surface area (Å²) in [5.41, 5.74) is 0. The number of nitrogens with zero attached hydrogens (tertiary/aromatic N) is 2. The van der Waals surface area contributed by atoms with Gasteiger partial charge in [-0.3, -0.25) is 4.84 Å². The van der Waals surface area contributed by atoms with Crippen LogP contribution in [0.3, 0.4) is 0 Å². The Morgan fingerprint density at radius 2 is 2.67 bits per heavy atom. The van der Waals surface area contributed by atoms with Crippen LogP contribution in [0.25, 0.3) is 0 Å². The molecule has 0 saturated heterocycles. The number of carbonyl (C=O) groups excluding carboxylic acids is 1. The summed E-state index contributed by atoms with van der Waals surface area (Å²) in [4.78, 5) is 13.6. The van der Waals surface area contributed by atoms with Crippen LogP contribution < -0.4 is 5.32 Å². The summed E-state index contributed by atoms with van der Waals surface area (Å²) in [6.07, 6.45) is 0.414. The number of rotatable bonds is 0. The van der Waals surface area contributed by atoms with E-state index in [1.165, 1.54) is 0 Å². The van der Waals surface area contributed by atoms with Gasteiger partial charge in [-0.2, -0.15) is 5.32 Å². The van der Waals surface area contributed by atoms with Gasteiger partial charge in [-0.15, -0.1) is 0 Å². The van der Waals surface area contributed by atoms with Crippen LogP contribution in [0, 0.1) is 0 Å². The second kappa shape index (κ2) is 0.965. The molecule has 1 aliphatic heterocycles. The Labute approximate surface area is 33.8 Å². The minimum absolute atomic E-state index is 0.644. The van der Waals surface area contributed by atoms with Gasteiger partial charge in [-0.25, -0.2) is 4.79 Å². The molecule has 6 heavy (non-hydrogen) atoms. The third kappa shape index (κ3) is 0.314. The van der Waals surface area contributed by atoms with Gasteiger partial charge in [0.25, 0.3) is 0 Å². The van der Waals surface area contributed by atoms with Crippen molar-refractivity contribution in [2.24, 2.45) is 5.16 Å². The lowest BCUT2D eigenvalue weighted by Crippen LogP contribution is -2.02. The van der Waals surface area contributed by atoms with Gasteiger partial charge in [0.05, 0.1) is 0 Å². The normalized spacial score (nSPS) is 17.0. The fourth-order valence-electron chi connectivity index (χ4n) is 0.163. The molecule has 0 bridgehead atoms. The third-order valence-corrected chi connectivity index (χ3v) is 0.341. The van der Waals surface area contributed by atoms with Crippen molar-refractivity contribution >= 4 is 12.4 Å². The fraction of sp³-hybridized carbons (Fsp3) is 0. The fourth-order valence-corrected chi connectivity index (χ4v) is 0.163. The van der Waals surface area contributed by atoms with Crippen molar-refractivity contribution in [3.8, 4) is 0 Å². The Morgan fingerprint density at radius 3 is 2.83 bits per heavy atom. The summed E-state index contributed by atoms with van der Waals surface area (Å²) in [6, 6.07) is 0. The van der Waals surface area contributed by atoms with Gasteiger partial charge >= 0.3 is 6.09 Å². The van der Waals surface area contributed by atoms with Crippen molar-refractivity contribution in [2.45, 2.75) is 0 Å². The minimum Gasteiger partial charge on any atom is -0.295 e. The van der Waals surface area contributed by atoms with Crippen LogP contribution in [-0.4, -0.2) is 12.4 Å². The van der Waals surface area contributed by atoms with Gasteiger partial charge in [0.15, 0.2) is 6.34 Å². The molecule has 4 heteroatoms. The van der Waals surface area contributed by atoms with Crippen molar-refractivity contribution in [3.63, 3.8) is 0 Å². The van der Waals surface area contributed by atoms with Crippen LogP contribution in [0.4, 0.5) is 4.79 Å². The molecule has 0 atom stereocenters. The van der Waals surface area contributed by atoms with Crippen molar-refractivity contribution in [2.75, 3.05) is 0 Å². The zero-order chi connectivity index (χ0) is 4.41. The third-order valence-electron chi connectivity index (χ3n) is 0.341. The van der Waals surface area contributed by atoms with Crippen LogP contribution in [-0.2, 0) is 4.84 Å². The zero-order valence-corrected chi connectivity index (χ0v) is 2.79. The maximum absolute atomic E-state index is 9.73. The Bertz CT molecular complexity index is 87.7. The first-order valence-electron chi connectivity index (χ1n) is 1.33. The summed E-state index contributed by atoms with van der Waals surface area (Å²) < 4.78 is 0. The second-order valence-electron chi connectivity index (χ2n) is 0.707.